The lowest BCUT2D eigenvalue weighted by Crippen LogP contribution is -2.42. The van der Waals surface area contributed by atoms with Crippen LogP contribution >= 0.6 is 0 Å². The van der Waals surface area contributed by atoms with Gasteiger partial charge >= 0.3 is 0 Å². The SMILES string of the molecule is CC(C)(C[C@@H](CO[Si](C)(C)C(C)(C)C)c1cc(F)cc(F)c1)S(N)=O. The average Bonchev–Trinajstić information content (AvgIpc) is 2.40. The van der Waals surface area contributed by atoms with Crippen molar-refractivity contribution in [2.75, 3.05) is 6.61 Å². The van der Waals surface area contributed by atoms with E-state index in [-0.39, 0.29) is 11.0 Å². The first kappa shape index (κ1) is 22.4. The van der Waals surface area contributed by atoms with Gasteiger partial charge < -0.3 is 4.43 Å². The van der Waals surface area contributed by atoms with Crippen LogP contribution in [0.5, 0.6) is 0 Å². The van der Waals surface area contributed by atoms with Gasteiger partial charge in [-0.1, -0.05) is 20.8 Å². The zero-order valence-electron chi connectivity index (χ0n) is 16.3. The molecule has 3 nitrogen and oxygen atoms in total. The van der Waals surface area contributed by atoms with Gasteiger partial charge in [0.25, 0.3) is 0 Å². The van der Waals surface area contributed by atoms with Crippen molar-refractivity contribution in [3.8, 4) is 0 Å². The number of hydrogen-bond donors (Lipinski definition) is 1. The molecule has 0 radical (unpaired) electrons. The minimum Gasteiger partial charge on any atom is -0.416 e. The van der Waals surface area contributed by atoms with Crippen LogP contribution in [-0.4, -0.2) is 23.9 Å². The molecule has 0 aliphatic heterocycles. The molecule has 0 aromatic heterocycles. The molecule has 1 rings (SSSR count). The van der Waals surface area contributed by atoms with E-state index in [9.17, 15) is 13.0 Å². The van der Waals surface area contributed by atoms with Gasteiger partial charge in [-0.15, -0.1) is 0 Å². The number of nitrogens with two attached hydrogens (primary N) is 1. The van der Waals surface area contributed by atoms with Gasteiger partial charge in [-0.2, -0.15) is 0 Å². The first-order valence-electron chi connectivity index (χ1n) is 8.42. The summed E-state index contributed by atoms with van der Waals surface area (Å²) in [7, 11) is -3.58. The lowest BCUT2D eigenvalue weighted by atomic mass is 9.90. The van der Waals surface area contributed by atoms with Crippen LogP contribution in [0.2, 0.25) is 18.1 Å². The average molecular weight is 392 g/mol. The fourth-order valence-electron chi connectivity index (χ4n) is 2.28. The van der Waals surface area contributed by atoms with Gasteiger partial charge in [-0.25, -0.2) is 13.0 Å². The van der Waals surface area contributed by atoms with E-state index in [0.717, 1.165) is 6.07 Å². The van der Waals surface area contributed by atoms with E-state index in [0.29, 0.717) is 18.6 Å². The van der Waals surface area contributed by atoms with Crippen molar-refractivity contribution < 1.29 is 17.4 Å². The first-order chi connectivity index (χ1) is 11.2. The summed E-state index contributed by atoms with van der Waals surface area (Å²) in [6.45, 7) is 14.6. The van der Waals surface area contributed by atoms with Crippen molar-refractivity contribution in [3.05, 3.63) is 35.4 Å². The fraction of sp³-hybridized carbons (Fsp3) is 0.667. The number of halogens is 2. The summed E-state index contributed by atoms with van der Waals surface area (Å²) in [5.41, 5.74) is 0.509. The van der Waals surface area contributed by atoms with Gasteiger partial charge in [-0.05, 0) is 56.1 Å². The Morgan fingerprint density at radius 2 is 1.60 bits per heavy atom. The molecule has 7 heteroatoms. The predicted molar refractivity (Wildman–Crippen MR) is 103 cm³/mol. The summed E-state index contributed by atoms with van der Waals surface area (Å²) in [4.78, 5) is 0. The molecule has 25 heavy (non-hydrogen) atoms. The highest BCUT2D eigenvalue weighted by atomic mass is 32.2. The van der Waals surface area contributed by atoms with Crippen LogP contribution in [0.4, 0.5) is 8.78 Å². The Kier molecular flexibility index (Phi) is 7.12. The van der Waals surface area contributed by atoms with E-state index in [2.05, 4.69) is 33.9 Å². The molecule has 0 fully saturated rings. The minimum absolute atomic E-state index is 0.0247. The molecule has 0 aliphatic rings. The molecule has 2 N–H and O–H groups in total. The van der Waals surface area contributed by atoms with Gasteiger partial charge in [0.15, 0.2) is 8.32 Å². The van der Waals surface area contributed by atoms with Crippen molar-refractivity contribution in [3.63, 3.8) is 0 Å². The predicted octanol–water partition coefficient (Wildman–Crippen LogP) is 4.86. The monoisotopic (exact) mass is 391 g/mol. The third kappa shape index (κ3) is 6.23. The highest BCUT2D eigenvalue weighted by molar-refractivity contribution is 7.84. The molecule has 1 unspecified atom stereocenters. The van der Waals surface area contributed by atoms with Gasteiger partial charge in [-0.3, -0.25) is 5.14 Å². The molecule has 0 heterocycles. The molecule has 144 valence electrons. The summed E-state index contributed by atoms with van der Waals surface area (Å²) in [5, 5.41) is 5.62. The molecule has 0 saturated carbocycles. The second kappa shape index (κ2) is 7.94. The van der Waals surface area contributed by atoms with E-state index >= 15 is 0 Å². The molecule has 0 aliphatic carbocycles. The van der Waals surface area contributed by atoms with Crippen molar-refractivity contribution in [2.45, 2.75) is 69.8 Å². The molecule has 0 amide bonds. The van der Waals surface area contributed by atoms with Crippen LogP contribution in [0.25, 0.3) is 0 Å². The summed E-state index contributed by atoms with van der Waals surface area (Å²) in [6.07, 6.45) is 0.410. The smallest absolute Gasteiger partial charge is 0.192 e. The Morgan fingerprint density at radius 3 is 2.00 bits per heavy atom. The molecule has 1 aromatic rings. The Morgan fingerprint density at radius 1 is 1.12 bits per heavy atom. The van der Waals surface area contributed by atoms with Crippen LogP contribution in [-0.2, 0) is 15.4 Å². The Balaban J connectivity index is 3.14. The fourth-order valence-corrected chi connectivity index (χ4v) is 3.70. The minimum atomic E-state index is -2.02. The highest BCUT2D eigenvalue weighted by Gasteiger charge is 2.38. The van der Waals surface area contributed by atoms with E-state index in [4.69, 9.17) is 9.56 Å². The quantitative estimate of drug-likeness (QED) is 0.675. The molecular formula is C18H31F2NO2SSi. The van der Waals surface area contributed by atoms with Crippen LogP contribution < -0.4 is 5.14 Å². The molecule has 2 atom stereocenters. The summed E-state index contributed by atoms with van der Waals surface area (Å²) in [5.74, 6) is -1.54. The van der Waals surface area contributed by atoms with Crippen LogP contribution in [0, 0.1) is 11.6 Å². The number of rotatable bonds is 7. The standard InChI is InChI=1S/C18H31F2NO2SSi/c1-17(2,3)25(6,7)23-12-14(11-18(4,5)24(21)22)13-8-15(19)10-16(20)9-13/h8-10,14H,11-12,21H2,1-7H3/t14-,24?/m0/s1. The summed E-state index contributed by atoms with van der Waals surface area (Å²) >= 11 is 0. The van der Waals surface area contributed by atoms with Gasteiger partial charge in [0.2, 0.25) is 0 Å². The Bertz CT molecular complexity index is 610. The van der Waals surface area contributed by atoms with E-state index in [1.54, 1.807) is 13.8 Å². The Hall–Kier alpha value is -0.633. The molecule has 0 spiro atoms. The summed E-state index contributed by atoms with van der Waals surface area (Å²) < 4.78 is 44.8. The van der Waals surface area contributed by atoms with E-state index in [1.807, 2.05) is 0 Å². The van der Waals surface area contributed by atoms with Gasteiger partial charge in [0.1, 0.15) is 11.6 Å². The molecular weight excluding hydrogens is 360 g/mol. The van der Waals surface area contributed by atoms with E-state index < -0.39 is 35.7 Å². The topological polar surface area (TPSA) is 52.3 Å². The van der Waals surface area contributed by atoms with Crippen molar-refractivity contribution in [1.82, 2.24) is 0 Å². The molecule has 0 saturated heterocycles. The van der Waals surface area contributed by atoms with Gasteiger partial charge in [0, 0.05) is 18.6 Å². The summed E-state index contributed by atoms with van der Waals surface area (Å²) in [6, 6.07) is 3.48. The van der Waals surface area contributed by atoms with Gasteiger partial charge in [0.05, 0.1) is 15.7 Å². The van der Waals surface area contributed by atoms with E-state index in [1.165, 1.54) is 12.1 Å². The third-order valence-electron chi connectivity index (χ3n) is 5.09. The number of benzene rings is 1. The first-order valence-corrected chi connectivity index (χ1v) is 12.5. The van der Waals surface area contributed by atoms with Crippen molar-refractivity contribution in [1.29, 1.82) is 0 Å². The molecule has 1 aromatic carbocycles. The maximum Gasteiger partial charge on any atom is 0.192 e. The second-order valence-corrected chi connectivity index (χ2v) is 15.2. The molecule has 0 bridgehead atoms. The van der Waals surface area contributed by atoms with Crippen LogP contribution in [0.1, 0.15) is 52.5 Å². The zero-order valence-corrected chi connectivity index (χ0v) is 18.1. The zero-order chi connectivity index (χ0) is 19.6. The maximum absolute atomic E-state index is 13.7. The maximum atomic E-state index is 13.7. The lowest BCUT2D eigenvalue weighted by molar-refractivity contribution is 0.250. The normalized spacial score (nSPS) is 15.9. The van der Waals surface area contributed by atoms with Crippen molar-refractivity contribution in [2.24, 2.45) is 5.14 Å². The number of hydrogen-bond acceptors (Lipinski definition) is 2. The largest absolute Gasteiger partial charge is 0.416 e. The highest BCUT2D eigenvalue weighted by Crippen LogP contribution is 2.38. The lowest BCUT2D eigenvalue weighted by Gasteiger charge is -2.38. The van der Waals surface area contributed by atoms with Crippen molar-refractivity contribution >= 4 is 19.3 Å². The third-order valence-corrected chi connectivity index (χ3v) is 10.8. The Labute approximate surface area is 154 Å². The second-order valence-electron chi connectivity index (χ2n) is 8.73. The van der Waals surface area contributed by atoms with Crippen LogP contribution in [0.3, 0.4) is 0 Å². The van der Waals surface area contributed by atoms with Crippen LogP contribution in [0.15, 0.2) is 18.2 Å².